The zero-order valence-corrected chi connectivity index (χ0v) is 17.9. The van der Waals surface area contributed by atoms with Gasteiger partial charge in [0.15, 0.2) is 6.04 Å². The number of carbonyl (C=O) groups is 1. The van der Waals surface area contributed by atoms with E-state index in [0.29, 0.717) is 0 Å². The summed E-state index contributed by atoms with van der Waals surface area (Å²) in [5, 5.41) is 3.92. The highest BCUT2D eigenvalue weighted by Gasteiger charge is 2.29. The van der Waals surface area contributed by atoms with Gasteiger partial charge in [-0.2, -0.15) is 0 Å². The van der Waals surface area contributed by atoms with Gasteiger partial charge in [-0.25, -0.2) is 0 Å². The van der Waals surface area contributed by atoms with Gasteiger partial charge in [0.2, 0.25) is 0 Å². The smallest absolute Gasteiger partial charge is 0.282 e. The molecule has 0 radical (unpaired) electrons. The SMILES string of the molecule is C[C@@H](C(=O)Nc1ccccc1-c1ccccc1)[NH+]1CCN(c2cccc(Cl)c2)CC1. The minimum absolute atomic E-state index is 0.0598. The topological polar surface area (TPSA) is 36.8 Å². The third kappa shape index (κ3) is 4.66. The number of hydrogen-bond donors (Lipinski definition) is 2. The standard InChI is InChI=1S/C25H26ClN3O/c1-19(28-14-16-29(17-15-28)22-11-7-10-21(26)18-22)25(30)27-24-13-6-5-12-23(24)20-8-3-2-4-9-20/h2-13,18-19H,14-17H2,1H3,(H,27,30)/p+1/t19-/m0/s1. The molecule has 0 bridgehead atoms. The highest BCUT2D eigenvalue weighted by molar-refractivity contribution is 6.30. The first-order chi connectivity index (χ1) is 14.6. The van der Waals surface area contributed by atoms with Crippen LogP contribution in [0.4, 0.5) is 11.4 Å². The summed E-state index contributed by atoms with van der Waals surface area (Å²) in [4.78, 5) is 16.7. The highest BCUT2D eigenvalue weighted by atomic mass is 35.5. The molecule has 1 heterocycles. The van der Waals surface area contributed by atoms with Gasteiger partial charge in [-0.15, -0.1) is 0 Å². The number of halogens is 1. The second-order valence-electron chi connectivity index (χ2n) is 7.75. The van der Waals surface area contributed by atoms with Gasteiger partial charge in [-0.1, -0.05) is 66.2 Å². The number of piperazine rings is 1. The molecule has 1 atom stereocenters. The molecule has 1 aliphatic heterocycles. The van der Waals surface area contributed by atoms with Crippen LogP contribution in [0.25, 0.3) is 11.1 Å². The normalized spacial score (nSPS) is 15.6. The number of carbonyl (C=O) groups excluding carboxylic acids is 1. The zero-order chi connectivity index (χ0) is 20.9. The van der Waals surface area contributed by atoms with Gasteiger partial charge in [0, 0.05) is 22.0 Å². The molecule has 1 saturated heterocycles. The lowest BCUT2D eigenvalue weighted by Gasteiger charge is -2.36. The number of hydrogen-bond acceptors (Lipinski definition) is 2. The Morgan fingerprint density at radius 3 is 2.40 bits per heavy atom. The van der Waals surface area contributed by atoms with E-state index in [1.54, 1.807) is 0 Å². The molecule has 1 amide bonds. The van der Waals surface area contributed by atoms with Crippen LogP contribution in [0.5, 0.6) is 0 Å². The van der Waals surface area contributed by atoms with Crippen molar-refractivity contribution in [3.63, 3.8) is 0 Å². The van der Waals surface area contributed by atoms with Crippen LogP contribution in [0.2, 0.25) is 5.02 Å². The Labute approximate surface area is 183 Å². The number of amides is 1. The summed E-state index contributed by atoms with van der Waals surface area (Å²) in [7, 11) is 0. The first-order valence-electron chi connectivity index (χ1n) is 10.4. The van der Waals surface area contributed by atoms with Crippen LogP contribution in [-0.2, 0) is 4.79 Å². The van der Waals surface area contributed by atoms with Gasteiger partial charge in [0.1, 0.15) is 0 Å². The zero-order valence-electron chi connectivity index (χ0n) is 17.1. The Bertz CT molecular complexity index is 1000. The molecule has 1 aliphatic rings. The minimum atomic E-state index is -0.115. The van der Waals surface area contributed by atoms with Crippen molar-refractivity contribution in [2.75, 3.05) is 36.4 Å². The third-order valence-corrected chi connectivity index (χ3v) is 6.09. The molecule has 5 heteroatoms. The van der Waals surface area contributed by atoms with Gasteiger partial charge in [0.05, 0.1) is 26.2 Å². The largest absolute Gasteiger partial charge is 0.360 e. The fourth-order valence-electron chi connectivity index (χ4n) is 4.05. The number of nitrogens with one attached hydrogen (secondary N) is 2. The predicted octanol–water partition coefficient (Wildman–Crippen LogP) is 3.74. The Kier molecular flexibility index (Phi) is 6.36. The summed E-state index contributed by atoms with van der Waals surface area (Å²) in [6.45, 7) is 5.68. The van der Waals surface area contributed by atoms with Crippen LogP contribution in [0.1, 0.15) is 6.92 Å². The predicted molar refractivity (Wildman–Crippen MR) is 124 cm³/mol. The number of para-hydroxylation sites is 1. The van der Waals surface area contributed by atoms with E-state index in [-0.39, 0.29) is 11.9 Å². The van der Waals surface area contributed by atoms with Gasteiger partial charge in [-0.3, -0.25) is 4.79 Å². The lowest BCUT2D eigenvalue weighted by Crippen LogP contribution is -3.19. The van der Waals surface area contributed by atoms with E-state index in [4.69, 9.17) is 11.6 Å². The molecule has 4 rings (SSSR count). The Morgan fingerprint density at radius 2 is 1.67 bits per heavy atom. The van der Waals surface area contributed by atoms with Gasteiger partial charge in [-0.05, 0) is 36.8 Å². The fraction of sp³-hybridized carbons (Fsp3) is 0.240. The van der Waals surface area contributed by atoms with Crippen molar-refractivity contribution in [2.24, 2.45) is 0 Å². The molecule has 0 saturated carbocycles. The summed E-state index contributed by atoms with van der Waals surface area (Å²) < 4.78 is 0. The number of nitrogens with zero attached hydrogens (tertiary/aromatic N) is 1. The van der Waals surface area contributed by atoms with Crippen LogP contribution < -0.4 is 15.1 Å². The van der Waals surface area contributed by atoms with Crippen molar-refractivity contribution in [3.8, 4) is 11.1 Å². The fourth-order valence-corrected chi connectivity index (χ4v) is 4.23. The summed E-state index contributed by atoms with van der Waals surface area (Å²) in [6, 6.07) is 26.0. The maximum Gasteiger partial charge on any atom is 0.282 e. The minimum Gasteiger partial charge on any atom is -0.360 e. The summed E-state index contributed by atoms with van der Waals surface area (Å²) in [5.41, 5.74) is 4.15. The molecule has 0 aliphatic carbocycles. The van der Waals surface area contributed by atoms with Crippen LogP contribution >= 0.6 is 11.6 Å². The molecule has 0 spiro atoms. The number of quaternary nitrogens is 1. The van der Waals surface area contributed by atoms with E-state index in [1.165, 1.54) is 4.90 Å². The van der Waals surface area contributed by atoms with E-state index in [0.717, 1.165) is 53.7 Å². The number of anilines is 2. The number of rotatable bonds is 5. The third-order valence-electron chi connectivity index (χ3n) is 5.85. The summed E-state index contributed by atoms with van der Waals surface area (Å²) in [6.07, 6.45) is 0. The Balaban J connectivity index is 1.40. The van der Waals surface area contributed by atoms with E-state index in [9.17, 15) is 4.79 Å². The molecule has 1 fully saturated rings. The second-order valence-corrected chi connectivity index (χ2v) is 8.18. The molecule has 4 nitrogen and oxygen atoms in total. The second kappa shape index (κ2) is 9.33. The van der Waals surface area contributed by atoms with Crippen molar-refractivity contribution < 1.29 is 9.69 Å². The molecule has 3 aromatic rings. The highest BCUT2D eigenvalue weighted by Crippen LogP contribution is 2.27. The van der Waals surface area contributed by atoms with Crippen LogP contribution in [-0.4, -0.2) is 38.1 Å². The van der Waals surface area contributed by atoms with Crippen LogP contribution in [0.15, 0.2) is 78.9 Å². The van der Waals surface area contributed by atoms with Crippen molar-refractivity contribution >= 4 is 28.9 Å². The summed E-state index contributed by atoms with van der Waals surface area (Å²) in [5.74, 6) is 0.0598. The lowest BCUT2D eigenvalue weighted by atomic mass is 10.0. The van der Waals surface area contributed by atoms with Crippen molar-refractivity contribution in [2.45, 2.75) is 13.0 Å². The van der Waals surface area contributed by atoms with Crippen LogP contribution in [0, 0.1) is 0 Å². The van der Waals surface area contributed by atoms with Crippen molar-refractivity contribution in [3.05, 3.63) is 83.9 Å². The molecule has 0 aromatic heterocycles. The van der Waals surface area contributed by atoms with E-state index < -0.39 is 0 Å². The quantitative estimate of drug-likeness (QED) is 0.659. The maximum atomic E-state index is 13.0. The molecular weight excluding hydrogens is 394 g/mol. The molecule has 3 aromatic carbocycles. The average molecular weight is 421 g/mol. The molecule has 2 N–H and O–H groups in total. The van der Waals surface area contributed by atoms with E-state index in [1.807, 2.05) is 67.6 Å². The lowest BCUT2D eigenvalue weighted by molar-refractivity contribution is -0.914. The van der Waals surface area contributed by atoms with E-state index in [2.05, 4.69) is 28.4 Å². The molecular formula is C25H27ClN3O+. The van der Waals surface area contributed by atoms with Crippen molar-refractivity contribution in [1.82, 2.24) is 0 Å². The Hall–Kier alpha value is -2.82. The average Bonchev–Trinajstić information content (AvgIpc) is 2.79. The molecule has 154 valence electrons. The van der Waals surface area contributed by atoms with Crippen LogP contribution in [0.3, 0.4) is 0 Å². The monoisotopic (exact) mass is 420 g/mol. The Morgan fingerprint density at radius 1 is 0.967 bits per heavy atom. The van der Waals surface area contributed by atoms with E-state index >= 15 is 0 Å². The first-order valence-corrected chi connectivity index (χ1v) is 10.8. The first kappa shape index (κ1) is 20.5. The van der Waals surface area contributed by atoms with Gasteiger partial charge in [0.25, 0.3) is 5.91 Å². The summed E-state index contributed by atoms with van der Waals surface area (Å²) >= 11 is 6.13. The van der Waals surface area contributed by atoms with Gasteiger partial charge < -0.3 is 15.1 Å². The molecule has 0 unspecified atom stereocenters. The molecule has 30 heavy (non-hydrogen) atoms. The van der Waals surface area contributed by atoms with Gasteiger partial charge >= 0.3 is 0 Å². The number of benzene rings is 3. The van der Waals surface area contributed by atoms with Crippen molar-refractivity contribution in [1.29, 1.82) is 0 Å². The maximum absolute atomic E-state index is 13.0.